The SMILES string of the molecule is CC(OP(O)O)(O[PH](=O)O)c1cccnc1. The monoisotopic (exact) mass is 267 g/mol. The highest BCUT2D eigenvalue weighted by atomic mass is 31.2. The molecule has 0 aliphatic rings. The van der Waals surface area contributed by atoms with Crippen molar-refractivity contribution in [3.8, 4) is 0 Å². The Morgan fingerprint density at radius 3 is 2.69 bits per heavy atom. The summed E-state index contributed by atoms with van der Waals surface area (Å²) in [6.07, 6.45) is 2.83. The summed E-state index contributed by atoms with van der Waals surface area (Å²) >= 11 is 0. The van der Waals surface area contributed by atoms with Crippen molar-refractivity contribution in [3.63, 3.8) is 0 Å². The first-order chi connectivity index (χ1) is 7.44. The summed E-state index contributed by atoms with van der Waals surface area (Å²) in [6.45, 7) is 1.30. The number of aromatic nitrogens is 1. The topological polar surface area (TPSA) is 109 Å². The smallest absolute Gasteiger partial charge is 0.328 e. The Kier molecular flexibility index (Phi) is 4.95. The Labute approximate surface area is 93.6 Å². The Bertz CT molecular complexity index is 361. The highest BCUT2D eigenvalue weighted by molar-refractivity contribution is 7.39. The molecule has 2 atom stereocenters. The van der Waals surface area contributed by atoms with Crippen molar-refractivity contribution in [2.45, 2.75) is 12.7 Å². The second kappa shape index (κ2) is 5.80. The molecular weight excluding hydrogens is 256 g/mol. The van der Waals surface area contributed by atoms with Crippen LogP contribution in [0, 0.1) is 0 Å². The molecule has 9 heteroatoms. The highest BCUT2D eigenvalue weighted by Gasteiger charge is 2.34. The van der Waals surface area contributed by atoms with E-state index in [1.54, 1.807) is 6.07 Å². The van der Waals surface area contributed by atoms with Gasteiger partial charge < -0.3 is 14.7 Å². The van der Waals surface area contributed by atoms with E-state index >= 15 is 0 Å². The van der Waals surface area contributed by atoms with E-state index in [-0.39, 0.29) is 0 Å². The number of hydrogen-bond acceptors (Lipinski definition) is 6. The number of nitrogens with zero attached hydrogens (tertiary/aromatic N) is 1. The lowest BCUT2D eigenvalue weighted by atomic mass is 10.1. The minimum absolute atomic E-state index is 0.304. The van der Waals surface area contributed by atoms with Gasteiger partial charge in [0.25, 0.3) is 0 Å². The average Bonchev–Trinajstić information content (AvgIpc) is 2.16. The molecule has 1 aromatic heterocycles. The minimum Gasteiger partial charge on any atom is -0.328 e. The molecule has 0 spiro atoms. The second-order valence-electron chi connectivity index (χ2n) is 2.90. The molecule has 0 aromatic carbocycles. The van der Waals surface area contributed by atoms with Crippen LogP contribution < -0.4 is 0 Å². The lowest BCUT2D eigenvalue weighted by molar-refractivity contribution is -0.111. The maximum absolute atomic E-state index is 10.7. The van der Waals surface area contributed by atoms with Gasteiger partial charge in [-0.25, -0.2) is 0 Å². The average molecular weight is 267 g/mol. The first-order valence-electron chi connectivity index (χ1n) is 4.13. The van der Waals surface area contributed by atoms with E-state index in [0.29, 0.717) is 5.56 Å². The Balaban J connectivity index is 2.99. The van der Waals surface area contributed by atoms with Gasteiger partial charge in [-0.3, -0.25) is 18.6 Å². The maximum Gasteiger partial charge on any atom is 0.329 e. The van der Waals surface area contributed by atoms with Crippen LogP contribution in [0.4, 0.5) is 0 Å². The van der Waals surface area contributed by atoms with Crippen LogP contribution in [0.15, 0.2) is 24.5 Å². The van der Waals surface area contributed by atoms with Crippen molar-refractivity contribution in [1.82, 2.24) is 4.98 Å². The Hall–Kier alpha value is -0.390. The fourth-order valence-electron chi connectivity index (χ4n) is 1.08. The van der Waals surface area contributed by atoms with E-state index in [9.17, 15) is 4.57 Å². The summed E-state index contributed by atoms with van der Waals surface area (Å²) in [4.78, 5) is 30.1. The lowest BCUT2D eigenvalue weighted by Crippen LogP contribution is -2.25. The van der Waals surface area contributed by atoms with E-state index < -0.39 is 22.6 Å². The van der Waals surface area contributed by atoms with Crippen molar-refractivity contribution in [2.24, 2.45) is 0 Å². The summed E-state index contributed by atoms with van der Waals surface area (Å²) in [5, 5.41) is 0. The largest absolute Gasteiger partial charge is 0.329 e. The first kappa shape index (κ1) is 13.7. The Morgan fingerprint density at radius 2 is 2.25 bits per heavy atom. The molecule has 0 fully saturated rings. The molecule has 0 aliphatic heterocycles. The fraction of sp³-hybridized carbons (Fsp3) is 0.286. The third-order valence-electron chi connectivity index (χ3n) is 1.72. The zero-order chi connectivity index (χ0) is 12.2. The fourth-order valence-corrected chi connectivity index (χ4v) is 2.10. The van der Waals surface area contributed by atoms with E-state index in [1.807, 2.05) is 0 Å². The van der Waals surface area contributed by atoms with Gasteiger partial charge in [-0.1, -0.05) is 6.07 Å². The zero-order valence-electron chi connectivity index (χ0n) is 8.27. The van der Waals surface area contributed by atoms with Crippen molar-refractivity contribution < 1.29 is 28.3 Å². The molecular formula is C7H11NO6P2. The van der Waals surface area contributed by atoms with Gasteiger partial charge in [0.15, 0.2) is 0 Å². The Morgan fingerprint density at radius 1 is 1.56 bits per heavy atom. The van der Waals surface area contributed by atoms with Crippen LogP contribution in [-0.4, -0.2) is 19.7 Å². The molecule has 2 unspecified atom stereocenters. The van der Waals surface area contributed by atoms with E-state index in [0.717, 1.165) is 0 Å². The maximum atomic E-state index is 10.7. The number of pyridine rings is 1. The molecule has 7 nitrogen and oxygen atoms in total. The lowest BCUT2D eigenvalue weighted by Gasteiger charge is -2.28. The molecule has 1 rings (SSSR count). The first-order valence-corrected chi connectivity index (χ1v) is 6.56. The molecule has 16 heavy (non-hydrogen) atoms. The molecule has 3 N–H and O–H groups in total. The molecule has 0 radical (unpaired) electrons. The molecule has 1 heterocycles. The van der Waals surface area contributed by atoms with Gasteiger partial charge in [0.2, 0.25) is 5.79 Å². The van der Waals surface area contributed by atoms with Crippen LogP contribution >= 0.6 is 16.9 Å². The third kappa shape index (κ3) is 3.88. The molecule has 0 saturated carbocycles. The molecule has 0 saturated heterocycles. The van der Waals surface area contributed by atoms with Gasteiger partial charge in [0, 0.05) is 18.0 Å². The van der Waals surface area contributed by atoms with Gasteiger partial charge >= 0.3 is 16.9 Å². The van der Waals surface area contributed by atoms with Crippen LogP contribution in [-0.2, 0) is 19.4 Å². The summed E-state index contributed by atoms with van der Waals surface area (Å²) in [6, 6.07) is 3.09. The summed E-state index contributed by atoms with van der Waals surface area (Å²) in [7, 11) is -6.03. The summed E-state index contributed by atoms with van der Waals surface area (Å²) < 4.78 is 20.1. The van der Waals surface area contributed by atoms with Crippen molar-refractivity contribution >= 4 is 16.9 Å². The van der Waals surface area contributed by atoms with Gasteiger partial charge in [0.1, 0.15) is 0 Å². The van der Waals surface area contributed by atoms with Crippen LogP contribution in [0.1, 0.15) is 12.5 Å². The molecule has 1 aromatic rings. The third-order valence-corrected chi connectivity index (χ3v) is 2.80. The van der Waals surface area contributed by atoms with E-state index in [1.165, 1.54) is 25.4 Å². The minimum atomic E-state index is -3.30. The molecule has 0 aliphatic carbocycles. The van der Waals surface area contributed by atoms with Crippen LogP contribution in [0.3, 0.4) is 0 Å². The van der Waals surface area contributed by atoms with Crippen LogP contribution in [0.25, 0.3) is 0 Å². The second-order valence-corrected chi connectivity index (χ2v) is 4.32. The van der Waals surface area contributed by atoms with Crippen molar-refractivity contribution in [3.05, 3.63) is 30.1 Å². The predicted octanol–water partition coefficient (Wildman–Crippen LogP) is 0.881. The van der Waals surface area contributed by atoms with Crippen molar-refractivity contribution in [2.75, 3.05) is 0 Å². The van der Waals surface area contributed by atoms with Gasteiger partial charge in [-0.2, -0.15) is 0 Å². The van der Waals surface area contributed by atoms with Gasteiger partial charge in [0.05, 0.1) is 0 Å². The van der Waals surface area contributed by atoms with Gasteiger partial charge in [-0.05, 0) is 13.0 Å². The normalized spacial score (nSPS) is 17.1. The molecule has 0 bridgehead atoms. The van der Waals surface area contributed by atoms with Gasteiger partial charge in [-0.15, -0.1) is 0 Å². The summed E-state index contributed by atoms with van der Waals surface area (Å²) in [5.74, 6) is -1.71. The van der Waals surface area contributed by atoms with E-state index in [2.05, 4.69) is 9.51 Å². The van der Waals surface area contributed by atoms with E-state index in [4.69, 9.17) is 19.2 Å². The standard InChI is InChI=1S/C7H11NO6P2/c1-7(13-15(9)10,14-16(11)12)6-3-2-4-8-5-6/h2-5,9-10,16H,1H3,(H,11,12). The zero-order valence-corrected chi connectivity index (χ0v) is 10.2. The quantitative estimate of drug-likeness (QED) is 0.536. The predicted molar refractivity (Wildman–Crippen MR) is 56.3 cm³/mol. The molecule has 90 valence electrons. The van der Waals surface area contributed by atoms with Crippen molar-refractivity contribution in [1.29, 1.82) is 0 Å². The molecule has 0 amide bonds. The summed E-state index contributed by atoms with van der Waals surface area (Å²) in [5.41, 5.74) is 0.304. The van der Waals surface area contributed by atoms with Crippen LogP contribution in [0.2, 0.25) is 0 Å². The number of hydrogen-bond donors (Lipinski definition) is 3. The van der Waals surface area contributed by atoms with Crippen LogP contribution in [0.5, 0.6) is 0 Å². The number of rotatable bonds is 5. The highest BCUT2D eigenvalue weighted by Crippen LogP contribution is 2.43.